The lowest BCUT2D eigenvalue weighted by molar-refractivity contribution is 0.187. The number of hydrogen-bond donors (Lipinski definition) is 2. The van der Waals surface area contributed by atoms with Crippen molar-refractivity contribution in [2.24, 2.45) is 0 Å². The number of aliphatic hydroxyl groups excluding tert-OH is 1. The lowest BCUT2D eigenvalue weighted by atomic mass is 10.2. The van der Waals surface area contributed by atoms with Crippen LogP contribution in [0.3, 0.4) is 0 Å². The van der Waals surface area contributed by atoms with Crippen molar-refractivity contribution >= 4 is 21.6 Å². The summed E-state index contributed by atoms with van der Waals surface area (Å²) < 4.78 is 6.11. The Hall–Kier alpha value is -0.620. The van der Waals surface area contributed by atoms with Crippen LogP contribution in [-0.4, -0.2) is 45.1 Å². The molecule has 0 saturated carbocycles. The molecule has 1 rings (SSSR count). The summed E-state index contributed by atoms with van der Waals surface area (Å²) in [4.78, 5) is 2.15. The Labute approximate surface area is 130 Å². The lowest BCUT2D eigenvalue weighted by Gasteiger charge is -2.21. The van der Waals surface area contributed by atoms with E-state index in [1.807, 2.05) is 14.0 Å². The molecular weight excluding hydrogens is 320 g/mol. The second-order valence-corrected chi connectivity index (χ2v) is 5.86. The summed E-state index contributed by atoms with van der Waals surface area (Å²) in [6, 6.07) is 6.35. The number of anilines is 1. The minimum Gasteiger partial charge on any atom is -0.393 e. The van der Waals surface area contributed by atoms with Crippen LogP contribution in [0.4, 0.5) is 5.69 Å². The number of methoxy groups -OCH3 is 1. The molecule has 0 bridgehead atoms. The normalized spacial score (nSPS) is 12.4. The van der Waals surface area contributed by atoms with Gasteiger partial charge in [-0.3, -0.25) is 0 Å². The zero-order valence-corrected chi connectivity index (χ0v) is 14.1. The van der Waals surface area contributed by atoms with Crippen molar-refractivity contribution < 1.29 is 9.84 Å². The van der Waals surface area contributed by atoms with Crippen LogP contribution in [0.5, 0.6) is 0 Å². The smallest absolute Gasteiger partial charge is 0.0587 e. The summed E-state index contributed by atoms with van der Waals surface area (Å²) in [5.41, 5.74) is 2.38. The molecular formula is C15H25BrN2O2. The maximum Gasteiger partial charge on any atom is 0.0587 e. The highest BCUT2D eigenvalue weighted by Gasteiger charge is 2.06. The Morgan fingerprint density at radius 1 is 1.45 bits per heavy atom. The van der Waals surface area contributed by atoms with Crippen molar-refractivity contribution in [3.63, 3.8) is 0 Å². The van der Waals surface area contributed by atoms with Gasteiger partial charge in [0, 0.05) is 44.0 Å². The van der Waals surface area contributed by atoms with Crippen molar-refractivity contribution in [2.45, 2.75) is 26.0 Å². The Bertz CT molecular complexity index is 399. The fraction of sp³-hybridized carbons (Fsp3) is 0.600. The van der Waals surface area contributed by atoms with Crippen molar-refractivity contribution in [3.8, 4) is 0 Å². The number of hydrogen-bond acceptors (Lipinski definition) is 4. The van der Waals surface area contributed by atoms with Crippen molar-refractivity contribution in [3.05, 3.63) is 28.2 Å². The predicted octanol–water partition coefficient (Wildman–Crippen LogP) is 2.39. The highest BCUT2D eigenvalue weighted by atomic mass is 79.9. The van der Waals surface area contributed by atoms with E-state index >= 15 is 0 Å². The molecule has 0 fully saturated rings. The first kappa shape index (κ1) is 17.4. The Morgan fingerprint density at radius 3 is 2.80 bits per heavy atom. The van der Waals surface area contributed by atoms with Gasteiger partial charge in [0.15, 0.2) is 0 Å². The quantitative estimate of drug-likeness (QED) is 0.675. The molecule has 114 valence electrons. The molecule has 1 atom stereocenters. The minimum absolute atomic E-state index is 0.259. The predicted molar refractivity (Wildman–Crippen MR) is 87.3 cm³/mol. The van der Waals surface area contributed by atoms with E-state index in [0.29, 0.717) is 0 Å². The molecule has 1 unspecified atom stereocenters. The molecule has 0 heterocycles. The molecule has 0 aliphatic rings. The Kier molecular flexibility index (Phi) is 8.14. The lowest BCUT2D eigenvalue weighted by Crippen LogP contribution is -2.22. The second-order valence-electron chi connectivity index (χ2n) is 5.00. The van der Waals surface area contributed by atoms with Crippen molar-refractivity contribution in [1.82, 2.24) is 5.32 Å². The summed E-state index contributed by atoms with van der Waals surface area (Å²) in [6.45, 7) is 5.05. The first-order valence-corrected chi connectivity index (χ1v) is 7.71. The van der Waals surface area contributed by atoms with Gasteiger partial charge in [-0.05, 0) is 31.0 Å². The SMILES string of the molecule is COCCNCc1ccc(N(C)CCC(C)O)cc1Br. The van der Waals surface area contributed by atoms with E-state index in [2.05, 4.69) is 44.3 Å². The number of halogens is 1. The summed E-state index contributed by atoms with van der Waals surface area (Å²) >= 11 is 3.62. The molecule has 0 aliphatic heterocycles. The summed E-state index contributed by atoms with van der Waals surface area (Å²) in [5.74, 6) is 0. The molecule has 0 saturated heterocycles. The molecule has 1 aromatic carbocycles. The van der Waals surface area contributed by atoms with Gasteiger partial charge >= 0.3 is 0 Å². The average molecular weight is 345 g/mol. The largest absolute Gasteiger partial charge is 0.393 e. The molecule has 0 aromatic heterocycles. The van der Waals surface area contributed by atoms with E-state index in [1.165, 1.54) is 5.56 Å². The maximum absolute atomic E-state index is 9.33. The molecule has 0 aliphatic carbocycles. The molecule has 0 amide bonds. The molecule has 20 heavy (non-hydrogen) atoms. The van der Waals surface area contributed by atoms with Gasteiger partial charge in [0.05, 0.1) is 12.7 Å². The minimum atomic E-state index is -0.259. The van der Waals surface area contributed by atoms with E-state index in [4.69, 9.17) is 4.74 Å². The second kappa shape index (κ2) is 9.34. The third-order valence-electron chi connectivity index (χ3n) is 3.16. The fourth-order valence-corrected chi connectivity index (χ4v) is 2.33. The van der Waals surface area contributed by atoms with Gasteiger partial charge in [0.1, 0.15) is 0 Å². The van der Waals surface area contributed by atoms with Crippen LogP contribution in [0.1, 0.15) is 18.9 Å². The van der Waals surface area contributed by atoms with Crippen molar-refractivity contribution in [2.75, 3.05) is 38.8 Å². The van der Waals surface area contributed by atoms with E-state index < -0.39 is 0 Å². The van der Waals surface area contributed by atoms with Gasteiger partial charge in [-0.1, -0.05) is 22.0 Å². The molecule has 0 spiro atoms. The van der Waals surface area contributed by atoms with Gasteiger partial charge in [0.25, 0.3) is 0 Å². The van der Waals surface area contributed by atoms with Crippen molar-refractivity contribution in [1.29, 1.82) is 0 Å². The first-order valence-electron chi connectivity index (χ1n) is 6.92. The number of nitrogens with one attached hydrogen (secondary N) is 1. The molecule has 1 aromatic rings. The van der Waals surface area contributed by atoms with E-state index in [-0.39, 0.29) is 6.10 Å². The Balaban J connectivity index is 2.53. The van der Waals surface area contributed by atoms with E-state index in [9.17, 15) is 5.11 Å². The number of aliphatic hydroxyl groups is 1. The van der Waals surface area contributed by atoms with Crippen LogP contribution in [0, 0.1) is 0 Å². The zero-order chi connectivity index (χ0) is 15.0. The highest BCUT2D eigenvalue weighted by Crippen LogP contribution is 2.23. The molecule has 5 heteroatoms. The zero-order valence-electron chi connectivity index (χ0n) is 12.5. The number of benzene rings is 1. The van der Waals surface area contributed by atoms with Gasteiger partial charge in [-0.25, -0.2) is 0 Å². The van der Waals surface area contributed by atoms with Crippen LogP contribution in [0.25, 0.3) is 0 Å². The summed E-state index contributed by atoms with van der Waals surface area (Å²) in [5, 5.41) is 12.7. The van der Waals surface area contributed by atoms with Crippen LogP contribution >= 0.6 is 15.9 Å². The standard InChI is InChI=1S/C15H25BrN2O2/c1-12(19)6-8-18(2)14-5-4-13(15(16)10-14)11-17-7-9-20-3/h4-5,10,12,17,19H,6-9,11H2,1-3H3. The third kappa shape index (κ3) is 6.22. The number of rotatable bonds is 9. The van der Waals surface area contributed by atoms with Crippen LogP contribution in [0.15, 0.2) is 22.7 Å². The first-order chi connectivity index (χ1) is 9.54. The Morgan fingerprint density at radius 2 is 2.20 bits per heavy atom. The van der Waals surface area contributed by atoms with E-state index in [0.717, 1.165) is 42.8 Å². The highest BCUT2D eigenvalue weighted by molar-refractivity contribution is 9.10. The van der Waals surface area contributed by atoms with Crippen LogP contribution < -0.4 is 10.2 Å². The molecule has 2 N–H and O–H groups in total. The fourth-order valence-electron chi connectivity index (χ4n) is 1.82. The molecule has 0 radical (unpaired) electrons. The summed E-state index contributed by atoms with van der Waals surface area (Å²) in [6.07, 6.45) is 0.513. The maximum atomic E-state index is 9.33. The monoisotopic (exact) mass is 344 g/mol. The van der Waals surface area contributed by atoms with Crippen LogP contribution in [0.2, 0.25) is 0 Å². The average Bonchev–Trinajstić information content (AvgIpc) is 2.42. The topological polar surface area (TPSA) is 44.7 Å². The van der Waals surface area contributed by atoms with Gasteiger partial charge in [0.2, 0.25) is 0 Å². The molecule has 4 nitrogen and oxygen atoms in total. The van der Waals surface area contributed by atoms with Gasteiger partial charge in [-0.15, -0.1) is 0 Å². The van der Waals surface area contributed by atoms with Crippen LogP contribution in [-0.2, 0) is 11.3 Å². The summed E-state index contributed by atoms with van der Waals surface area (Å²) in [7, 11) is 3.75. The van der Waals surface area contributed by atoms with Gasteiger partial charge in [-0.2, -0.15) is 0 Å². The van der Waals surface area contributed by atoms with Gasteiger partial charge < -0.3 is 20.1 Å². The third-order valence-corrected chi connectivity index (χ3v) is 3.90. The number of ether oxygens (including phenoxy) is 1. The van der Waals surface area contributed by atoms with E-state index in [1.54, 1.807) is 7.11 Å². The number of nitrogens with zero attached hydrogens (tertiary/aromatic N) is 1.